The maximum Gasteiger partial charge on any atom is 0.264 e. The Morgan fingerprint density at radius 1 is 1.34 bits per heavy atom. The minimum Gasteiger partial charge on any atom is -0.484 e. The smallest absolute Gasteiger partial charge is 0.264 e. The van der Waals surface area contributed by atoms with Gasteiger partial charge in [0.1, 0.15) is 16.8 Å². The number of amides is 1. The molecule has 5 nitrogen and oxygen atoms in total. The average molecular weight is 428 g/mol. The largest absolute Gasteiger partial charge is 0.484 e. The van der Waals surface area contributed by atoms with Crippen molar-refractivity contribution in [2.24, 2.45) is 11.3 Å². The Kier molecular flexibility index (Phi) is 6.56. The number of hydrogen-bond donors (Lipinski definition) is 2. The van der Waals surface area contributed by atoms with Crippen LogP contribution in [-0.2, 0) is 17.6 Å². The van der Waals surface area contributed by atoms with Gasteiger partial charge in [-0.2, -0.15) is 5.26 Å². The van der Waals surface area contributed by atoms with Gasteiger partial charge in [0.15, 0.2) is 11.7 Å². The predicted octanol–water partition coefficient (Wildman–Crippen LogP) is 4.66. The Balaban J connectivity index is 1.61. The fraction of sp³-hybridized carbons (Fsp3) is 0.409. The number of carbonyl (C=O) groups excluding carboxylic acids is 1. The van der Waals surface area contributed by atoms with Crippen LogP contribution in [0.15, 0.2) is 30.3 Å². The first-order chi connectivity index (χ1) is 13.8. The second kappa shape index (κ2) is 8.93. The third-order valence-corrected chi connectivity index (χ3v) is 6.57. The molecule has 0 fully saturated rings. The Hall–Kier alpha value is -2.43. The monoisotopic (exact) mass is 427 g/mol. The molecule has 1 aromatic carbocycles. The number of para-hydroxylation sites is 1. The second-order valence-electron chi connectivity index (χ2n) is 8.23. The molecule has 2 N–H and O–H groups in total. The summed E-state index contributed by atoms with van der Waals surface area (Å²) in [6, 6.07) is 11.4. The highest BCUT2D eigenvalue weighted by molar-refractivity contribution is 7.80. The zero-order valence-electron chi connectivity index (χ0n) is 16.9. The molecule has 0 spiro atoms. The quantitative estimate of drug-likeness (QED) is 0.694. The number of hydrogen-bond acceptors (Lipinski definition) is 5. The Labute approximate surface area is 181 Å². The number of nitrogens with one attached hydrogen (secondary N) is 2. The highest BCUT2D eigenvalue weighted by atomic mass is 32.1. The Morgan fingerprint density at radius 2 is 2.07 bits per heavy atom. The number of carbonyl (C=O) groups is 1. The van der Waals surface area contributed by atoms with Gasteiger partial charge in [-0.25, -0.2) is 0 Å². The van der Waals surface area contributed by atoms with E-state index < -0.39 is 0 Å². The van der Waals surface area contributed by atoms with Crippen LogP contribution in [0.3, 0.4) is 0 Å². The van der Waals surface area contributed by atoms with Crippen LogP contribution in [0.25, 0.3) is 0 Å². The summed E-state index contributed by atoms with van der Waals surface area (Å²) in [4.78, 5) is 13.3. The molecule has 1 heterocycles. The molecule has 1 atom stereocenters. The number of anilines is 1. The highest BCUT2D eigenvalue weighted by Gasteiger charge is 2.32. The van der Waals surface area contributed by atoms with Gasteiger partial charge in [0.2, 0.25) is 0 Å². The summed E-state index contributed by atoms with van der Waals surface area (Å²) in [5.74, 6) is 0.862. The summed E-state index contributed by atoms with van der Waals surface area (Å²) >= 11 is 6.84. The zero-order chi connectivity index (χ0) is 21.0. The minimum atomic E-state index is -0.348. The molecule has 0 saturated heterocycles. The first-order valence-corrected chi connectivity index (χ1v) is 10.8. The Morgan fingerprint density at radius 3 is 2.72 bits per heavy atom. The van der Waals surface area contributed by atoms with Gasteiger partial charge in [0, 0.05) is 4.88 Å². The molecular formula is C22H25N3O2S2. The lowest BCUT2D eigenvalue weighted by atomic mass is 9.72. The second-order valence-corrected chi connectivity index (χ2v) is 9.74. The lowest BCUT2D eigenvalue weighted by Crippen LogP contribution is -2.37. The number of nitriles is 1. The average Bonchev–Trinajstić information content (AvgIpc) is 3.02. The highest BCUT2D eigenvalue weighted by Crippen LogP contribution is 2.43. The molecule has 1 aromatic heterocycles. The van der Waals surface area contributed by atoms with Crippen LogP contribution in [-0.4, -0.2) is 17.6 Å². The SMILES string of the molecule is CC(C)(C)[C@@H]1CCc2c(sc(NC(=S)NC(=O)COc3ccccc3)c2C#N)C1. The summed E-state index contributed by atoms with van der Waals surface area (Å²) in [6.07, 6.45) is 2.96. The van der Waals surface area contributed by atoms with Crippen LogP contribution < -0.4 is 15.4 Å². The Bertz CT molecular complexity index is 939. The van der Waals surface area contributed by atoms with E-state index in [9.17, 15) is 10.1 Å². The zero-order valence-corrected chi connectivity index (χ0v) is 18.5. The molecule has 0 aliphatic heterocycles. The maximum absolute atomic E-state index is 12.1. The maximum atomic E-state index is 12.1. The number of ether oxygens (including phenoxy) is 1. The lowest BCUT2D eigenvalue weighted by Gasteiger charge is -2.33. The van der Waals surface area contributed by atoms with Crippen LogP contribution >= 0.6 is 23.6 Å². The molecule has 1 amide bonds. The summed E-state index contributed by atoms with van der Waals surface area (Å²) in [5, 5.41) is 16.2. The number of nitrogens with zero attached hydrogens (tertiary/aromatic N) is 1. The van der Waals surface area contributed by atoms with Gasteiger partial charge in [-0.15, -0.1) is 11.3 Å². The number of benzene rings is 1. The third kappa shape index (κ3) is 5.34. The molecule has 1 aliphatic rings. The van der Waals surface area contributed by atoms with Crippen LogP contribution in [0, 0.1) is 22.7 Å². The van der Waals surface area contributed by atoms with Crippen molar-refractivity contribution in [3.05, 3.63) is 46.3 Å². The molecule has 29 heavy (non-hydrogen) atoms. The molecule has 152 valence electrons. The van der Waals surface area contributed by atoms with Gasteiger partial charge in [0.25, 0.3) is 5.91 Å². The van der Waals surface area contributed by atoms with Crippen molar-refractivity contribution in [3.8, 4) is 11.8 Å². The molecule has 0 unspecified atom stereocenters. The van der Waals surface area contributed by atoms with Crippen molar-refractivity contribution < 1.29 is 9.53 Å². The number of thiocarbonyl (C=S) groups is 1. The van der Waals surface area contributed by atoms with E-state index in [2.05, 4.69) is 37.5 Å². The number of thiophene rings is 1. The normalized spacial score (nSPS) is 15.7. The summed E-state index contributed by atoms with van der Waals surface area (Å²) in [5.41, 5.74) is 2.01. The molecule has 0 bridgehead atoms. The number of fused-ring (bicyclic) bond motifs is 1. The van der Waals surface area contributed by atoms with E-state index >= 15 is 0 Å². The van der Waals surface area contributed by atoms with Gasteiger partial charge in [-0.3, -0.25) is 10.1 Å². The van der Waals surface area contributed by atoms with Gasteiger partial charge in [0.05, 0.1) is 5.56 Å². The van der Waals surface area contributed by atoms with E-state index in [0.717, 1.165) is 24.8 Å². The van der Waals surface area contributed by atoms with E-state index in [-0.39, 0.29) is 23.0 Å². The van der Waals surface area contributed by atoms with Crippen molar-refractivity contribution in [1.29, 1.82) is 5.26 Å². The van der Waals surface area contributed by atoms with E-state index in [0.29, 0.717) is 22.2 Å². The van der Waals surface area contributed by atoms with E-state index in [1.807, 2.05) is 18.2 Å². The molecule has 1 aliphatic carbocycles. The standard InChI is InChI=1S/C22H25N3O2S2/c1-22(2,3)14-9-10-16-17(12-23)20(29-18(16)11-14)25-21(28)24-19(26)13-27-15-7-5-4-6-8-15/h4-8,14H,9-11,13H2,1-3H3,(H2,24,25,26,28)/t14-/m1/s1. The van der Waals surface area contributed by atoms with E-state index in [1.54, 1.807) is 23.5 Å². The molecule has 3 rings (SSSR count). The summed E-state index contributed by atoms with van der Waals surface area (Å²) in [6.45, 7) is 6.67. The van der Waals surface area contributed by atoms with E-state index in [1.165, 1.54) is 4.88 Å². The van der Waals surface area contributed by atoms with Crippen molar-refractivity contribution in [2.75, 3.05) is 11.9 Å². The fourth-order valence-electron chi connectivity index (χ4n) is 3.49. The molecule has 2 aromatic rings. The van der Waals surface area contributed by atoms with E-state index in [4.69, 9.17) is 17.0 Å². The van der Waals surface area contributed by atoms with Crippen molar-refractivity contribution in [1.82, 2.24) is 5.32 Å². The fourth-order valence-corrected chi connectivity index (χ4v) is 5.06. The first-order valence-electron chi connectivity index (χ1n) is 9.61. The predicted molar refractivity (Wildman–Crippen MR) is 120 cm³/mol. The van der Waals surface area contributed by atoms with Crippen LogP contribution in [0.4, 0.5) is 5.00 Å². The van der Waals surface area contributed by atoms with Gasteiger partial charge in [-0.1, -0.05) is 39.0 Å². The number of rotatable bonds is 4. The van der Waals surface area contributed by atoms with Crippen LogP contribution in [0.2, 0.25) is 0 Å². The molecule has 7 heteroatoms. The summed E-state index contributed by atoms with van der Waals surface area (Å²) < 4.78 is 5.42. The minimum absolute atomic E-state index is 0.134. The molecular weight excluding hydrogens is 402 g/mol. The first kappa shape index (κ1) is 21.3. The van der Waals surface area contributed by atoms with Gasteiger partial charge < -0.3 is 10.1 Å². The third-order valence-electron chi connectivity index (χ3n) is 5.19. The lowest BCUT2D eigenvalue weighted by molar-refractivity contribution is -0.121. The molecule has 0 saturated carbocycles. The van der Waals surface area contributed by atoms with Crippen molar-refractivity contribution in [2.45, 2.75) is 40.0 Å². The van der Waals surface area contributed by atoms with Crippen LogP contribution in [0.1, 0.15) is 43.2 Å². The van der Waals surface area contributed by atoms with Crippen LogP contribution in [0.5, 0.6) is 5.75 Å². The van der Waals surface area contributed by atoms with Gasteiger partial charge >= 0.3 is 0 Å². The topological polar surface area (TPSA) is 74.2 Å². The van der Waals surface area contributed by atoms with Crippen molar-refractivity contribution >= 4 is 39.6 Å². The van der Waals surface area contributed by atoms with Crippen molar-refractivity contribution in [3.63, 3.8) is 0 Å². The molecule has 0 radical (unpaired) electrons. The summed E-state index contributed by atoms with van der Waals surface area (Å²) in [7, 11) is 0. The van der Waals surface area contributed by atoms with Gasteiger partial charge in [-0.05, 0) is 60.5 Å².